The van der Waals surface area contributed by atoms with Gasteiger partial charge in [-0.25, -0.2) is 9.97 Å². The van der Waals surface area contributed by atoms with E-state index in [2.05, 4.69) is 42.0 Å². The molecule has 0 aliphatic carbocycles. The molecule has 7 heteroatoms. The first-order chi connectivity index (χ1) is 14.2. The van der Waals surface area contributed by atoms with Gasteiger partial charge in [-0.1, -0.05) is 18.2 Å². The number of ketones is 1. The van der Waals surface area contributed by atoms with Gasteiger partial charge in [0.25, 0.3) is 0 Å². The molecule has 1 saturated heterocycles. The molecule has 0 radical (unpaired) electrons. The molecule has 1 fully saturated rings. The van der Waals surface area contributed by atoms with Crippen molar-refractivity contribution in [1.29, 1.82) is 0 Å². The molecule has 29 heavy (non-hydrogen) atoms. The lowest BCUT2D eigenvalue weighted by Crippen LogP contribution is -2.36. The van der Waals surface area contributed by atoms with Gasteiger partial charge in [0.05, 0.1) is 16.1 Å². The fourth-order valence-corrected chi connectivity index (χ4v) is 4.75. The summed E-state index contributed by atoms with van der Waals surface area (Å²) in [6.07, 6.45) is 5.33. The Hall–Kier alpha value is -3.06. The maximum atomic E-state index is 12.7. The van der Waals surface area contributed by atoms with Crippen molar-refractivity contribution in [2.75, 3.05) is 18.0 Å². The maximum Gasteiger partial charge on any atom is 0.177 e. The molecule has 146 valence electrons. The molecule has 0 amide bonds. The molecule has 5 rings (SSSR count). The van der Waals surface area contributed by atoms with Crippen molar-refractivity contribution >= 4 is 34.0 Å². The van der Waals surface area contributed by atoms with Gasteiger partial charge < -0.3 is 9.47 Å². The molecular weight excluding hydrogens is 382 g/mol. The van der Waals surface area contributed by atoms with Crippen molar-refractivity contribution < 1.29 is 4.79 Å². The van der Waals surface area contributed by atoms with E-state index in [0.29, 0.717) is 0 Å². The minimum atomic E-state index is 0.0702. The number of piperidine rings is 1. The number of rotatable bonds is 4. The molecular formula is C22H21N5OS. The third kappa shape index (κ3) is 3.42. The zero-order valence-electron chi connectivity index (χ0n) is 16.2. The van der Waals surface area contributed by atoms with E-state index in [9.17, 15) is 4.79 Å². The Morgan fingerprint density at radius 2 is 1.86 bits per heavy atom. The molecule has 0 N–H and O–H groups in total. The van der Waals surface area contributed by atoms with E-state index in [0.717, 1.165) is 53.7 Å². The molecule has 1 aliphatic rings. The summed E-state index contributed by atoms with van der Waals surface area (Å²) in [6, 6.07) is 14.3. The number of aryl methyl sites for hydroxylation is 1. The van der Waals surface area contributed by atoms with Crippen LogP contribution in [-0.4, -0.2) is 37.8 Å². The summed E-state index contributed by atoms with van der Waals surface area (Å²) < 4.78 is 6.33. The normalized spacial score (nSPS) is 15.1. The van der Waals surface area contributed by atoms with Gasteiger partial charge in [-0.05, 0) is 54.9 Å². The number of para-hydroxylation sites is 1. The van der Waals surface area contributed by atoms with Crippen molar-refractivity contribution in [2.45, 2.75) is 19.8 Å². The van der Waals surface area contributed by atoms with Gasteiger partial charge in [0.1, 0.15) is 18.0 Å². The van der Waals surface area contributed by atoms with E-state index in [1.165, 1.54) is 16.9 Å². The number of hydrogen-bond donors (Lipinski definition) is 0. The van der Waals surface area contributed by atoms with Crippen LogP contribution in [0.15, 0.2) is 55.0 Å². The lowest BCUT2D eigenvalue weighted by atomic mass is 9.91. The third-order valence-electron chi connectivity index (χ3n) is 5.55. The maximum absolute atomic E-state index is 12.7. The SMILES string of the molecule is Cc1cc(C(=O)C2CCN(c3cc(-n4ccc5ccccc54)ncn3)CC2)sn1. The van der Waals surface area contributed by atoms with Gasteiger partial charge in [0.2, 0.25) is 0 Å². The molecule has 0 unspecified atom stereocenters. The topological polar surface area (TPSA) is 63.9 Å². The average Bonchev–Trinajstić information content (AvgIpc) is 3.40. The Kier molecular flexibility index (Phi) is 4.60. The first kappa shape index (κ1) is 18.0. The predicted octanol–water partition coefficient (Wildman–Crippen LogP) is 4.28. The van der Waals surface area contributed by atoms with E-state index in [1.807, 2.05) is 37.4 Å². The van der Waals surface area contributed by atoms with E-state index in [4.69, 9.17) is 0 Å². The van der Waals surface area contributed by atoms with Crippen LogP contribution in [0.2, 0.25) is 0 Å². The fraction of sp³-hybridized carbons (Fsp3) is 0.273. The minimum Gasteiger partial charge on any atom is -0.356 e. The van der Waals surface area contributed by atoms with Gasteiger partial charge in [0, 0.05) is 31.3 Å². The largest absolute Gasteiger partial charge is 0.356 e. The molecule has 6 nitrogen and oxygen atoms in total. The van der Waals surface area contributed by atoms with Crippen LogP contribution in [-0.2, 0) is 0 Å². The summed E-state index contributed by atoms with van der Waals surface area (Å²) in [4.78, 5) is 24.7. The highest BCUT2D eigenvalue weighted by Crippen LogP contribution is 2.27. The number of nitrogens with zero attached hydrogens (tertiary/aromatic N) is 5. The zero-order chi connectivity index (χ0) is 19.8. The Labute approximate surface area is 173 Å². The van der Waals surface area contributed by atoms with Gasteiger partial charge in [-0.15, -0.1) is 0 Å². The minimum absolute atomic E-state index is 0.0702. The fourth-order valence-electron chi connectivity index (χ4n) is 3.98. The highest BCUT2D eigenvalue weighted by atomic mass is 32.1. The Bertz CT molecular complexity index is 1170. The number of benzene rings is 1. The summed E-state index contributed by atoms with van der Waals surface area (Å²) in [5.41, 5.74) is 2.04. The van der Waals surface area contributed by atoms with Gasteiger partial charge >= 0.3 is 0 Å². The predicted molar refractivity (Wildman–Crippen MR) is 115 cm³/mol. The second kappa shape index (κ2) is 7.40. The van der Waals surface area contributed by atoms with E-state index in [-0.39, 0.29) is 11.7 Å². The number of Topliss-reactive ketones (excluding diaryl/α,β-unsaturated/α-hetero) is 1. The van der Waals surface area contributed by atoms with Crippen molar-refractivity contribution in [3.63, 3.8) is 0 Å². The summed E-state index contributed by atoms with van der Waals surface area (Å²) in [6.45, 7) is 3.56. The second-order valence-corrected chi connectivity index (χ2v) is 8.24. The van der Waals surface area contributed by atoms with Crippen molar-refractivity contribution in [1.82, 2.24) is 18.9 Å². The van der Waals surface area contributed by atoms with Crippen LogP contribution in [0.25, 0.3) is 16.7 Å². The Morgan fingerprint density at radius 1 is 1.07 bits per heavy atom. The first-order valence-corrected chi connectivity index (χ1v) is 10.6. The summed E-state index contributed by atoms with van der Waals surface area (Å²) >= 11 is 1.31. The zero-order valence-corrected chi connectivity index (χ0v) is 17.0. The Morgan fingerprint density at radius 3 is 2.66 bits per heavy atom. The van der Waals surface area contributed by atoms with Gasteiger partial charge in [-0.3, -0.25) is 4.79 Å². The Balaban J connectivity index is 1.33. The first-order valence-electron chi connectivity index (χ1n) is 9.80. The molecule has 0 saturated carbocycles. The monoisotopic (exact) mass is 403 g/mol. The number of anilines is 1. The molecule has 1 aromatic carbocycles. The molecule has 0 spiro atoms. The van der Waals surface area contributed by atoms with Crippen LogP contribution in [0.4, 0.5) is 5.82 Å². The smallest absolute Gasteiger partial charge is 0.177 e. The van der Waals surface area contributed by atoms with Crippen LogP contribution >= 0.6 is 11.5 Å². The van der Waals surface area contributed by atoms with Gasteiger partial charge in [-0.2, -0.15) is 4.37 Å². The molecule has 4 heterocycles. The van der Waals surface area contributed by atoms with Crippen molar-refractivity contribution in [3.8, 4) is 5.82 Å². The van der Waals surface area contributed by atoms with E-state index >= 15 is 0 Å². The van der Waals surface area contributed by atoms with Crippen LogP contribution in [0, 0.1) is 12.8 Å². The summed E-state index contributed by atoms with van der Waals surface area (Å²) in [7, 11) is 0. The number of aromatic nitrogens is 4. The highest BCUT2D eigenvalue weighted by Gasteiger charge is 2.27. The standard InChI is InChI=1S/C22H21N5OS/c1-15-12-19(29-25-15)22(28)17-6-9-26(10-7-17)20-13-21(24-14-23-20)27-11-8-16-4-2-3-5-18(16)27/h2-5,8,11-14,17H,6-7,9-10H2,1H3. The van der Waals surface area contributed by atoms with Gasteiger partial charge in [0.15, 0.2) is 5.78 Å². The summed E-state index contributed by atoms with van der Waals surface area (Å²) in [5, 5.41) is 1.19. The number of hydrogen-bond acceptors (Lipinski definition) is 6. The second-order valence-electron chi connectivity index (χ2n) is 7.44. The highest BCUT2D eigenvalue weighted by molar-refractivity contribution is 7.08. The average molecular weight is 404 g/mol. The van der Waals surface area contributed by atoms with Crippen molar-refractivity contribution in [2.24, 2.45) is 5.92 Å². The number of carbonyl (C=O) groups excluding carboxylic acids is 1. The molecule has 1 aliphatic heterocycles. The molecule has 4 aromatic rings. The third-order valence-corrected chi connectivity index (χ3v) is 6.44. The number of carbonyl (C=O) groups is 1. The summed E-state index contributed by atoms with van der Waals surface area (Å²) in [5.74, 6) is 2.07. The molecule has 0 bridgehead atoms. The lowest BCUT2D eigenvalue weighted by molar-refractivity contribution is 0.0904. The molecule has 3 aromatic heterocycles. The van der Waals surface area contributed by atoms with Crippen LogP contribution in [0.5, 0.6) is 0 Å². The van der Waals surface area contributed by atoms with E-state index < -0.39 is 0 Å². The van der Waals surface area contributed by atoms with E-state index in [1.54, 1.807) is 6.33 Å². The molecule has 0 atom stereocenters. The lowest BCUT2D eigenvalue weighted by Gasteiger charge is -2.32. The quantitative estimate of drug-likeness (QED) is 0.476. The number of fused-ring (bicyclic) bond motifs is 1. The van der Waals surface area contributed by atoms with Crippen LogP contribution in [0.3, 0.4) is 0 Å². The van der Waals surface area contributed by atoms with Crippen LogP contribution in [0.1, 0.15) is 28.2 Å². The van der Waals surface area contributed by atoms with Crippen molar-refractivity contribution in [3.05, 3.63) is 65.6 Å². The van der Waals surface area contributed by atoms with Crippen LogP contribution < -0.4 is 4.90 Å².